The summed E-state index contributed by atoms with van der Waals surface area (Å²) in [6.45, 7) is 5.37. The summed E-state index contributed by atoms with van der Waals surface area (Å²) in [7, 11) is 0. The largest absolute Gasteiger partial charge is 0.338 e. The number of amides is 4. The normalized spacial score (nSPS) is 18.9. The molecule has 2 saturated heterocycles. The third kappa shape index (κ3) is 4.59. The SMILES string of the molecule is Cc1cccc(C)c1C(=O)N1CCC(n2cc(Cc3ccc4c5c(cccc35)C(=O)N4C3CCC(=O)NC3=O)cn2)CC1. The number of hydrogen-bond donors (Lipinski definition) is 1. The second kappa shape index (κ2) is 10.5. The number of hydrogen-bond acceptors (Lipinski definition) is 5. The summed E-state index contributed by atoms with van der Waals surface area (Å²) >= 11 is 0. The molecule has 4 amide bonds. The van der Waals surface area contributed by atoms with Gasteiger partial charge in [-0.25, -0.2) is 0 Å². The predicted molar refractivity (Wildman–Crippen MR) is 162 cm³/mol. The quantitative estimate of drug-likeness (QED) is 0.353. The lowest BCUT2D eigenvalue weighted by molar-refractivity contribution is -0.134. The van der Waals surface area contributed by atoms with Crippen molar-refractivity contribution in [2.24, 2.45) is 0 Å². The van der Waals surface area contributed by atoms with Crippen molar-refractivity contribution >= 4 is 40.1 Å². The molecule has 4 aromatic rings. The van der Waals surface area contributed by atoms with E-state index in [0.29, 0.717) is 37.2 Å². The van der Waals surface area contributed by atoms with Gasteiger partial charge in [0.1, 0.15) is 6.04 Å². The van der Waals surface area contributed by atoms with Gasteiger partial charge in [0.15, 0.2) is 0 Å². The molecule has 9 nitrogen and oxygen atoms in total. The minimum Gasteiger partial charge on any atom is -0.338 e. The Kier molecular flexibility index (Phi) is 6.60. The van der Waals surface area contributed by atoms with Gasteiger partial charge in [-0.15, -0.1) is 0 Å². The van der Waals surface area contributed by atoms with E-state index in [-0.39, 0.29) is 30.2 Å². The van der Waals surface area contributed by atoms with Crippen molar-refractivity contribution in [3.8, 4) is 0 Å². The maximum Gasteiger partial charge on any atom is 0.259 e. The van der Waals surface area contributed by atoms with E-state index >= 15 is 0 Å². The second-order valence-electron chi connectivity index (χ2n) is 11.9. The highest BCUT2D eigenvalue weighted by Gasteiger charge is 2.41. The van der Waals surface area contributed by atoms with Crippen LogP contribution in [0.2, 0.25) is 0 Å². The van der Waals surface area contributed by atoms with Crippen LogP contribution in [-0.2, 0) is 16.0 Å². The summed E-state index contributed by atoms with van der Waals surface area (Å²) < 4.78 is 2.03. The molecule has 2 fully saturated rings. The van der Waals surface area contributed by atoms with Gasteiger partial charge in [-0.1, -0.05) is 36.4 Å². The van der Waals surface area contributed by atoms with Crippen LogP contribution in [0.1, 0.15) is 74.7 Å². The van der Waals surface area contributed by atoms with Gasteiger partial charge in [-0.05, 0) is 72.9 Å². The highest BCUT2D eigenvalue weighted by atomic mass is 16.2. The molecule has 218 valence electrons. The molecular formula is C34H33N5O4. The van der Waals surface area contributed by atoms with Gasteiger partial charge in [-0.3, -0.25) is 34.1 Å². The second-order valence-corrected chi connectivity index (χ2v) is 11.9. The number of aromatic nitrogens is 2. The van der Waals surface area contributed by atoms with E-state index < -0.39 is 11.9 Å². The fourth-order valence-corrected chi connectivity index (χ4v) is 6.99. The predicted octanol–water partition coefficient (Wildman–Crippen LogP) is 4.49. The van der Waals surface area contributed by atoms with Crippen molar-refractivity contribution in [1.29, 1.82) is 0 Å². The van der Waals surface area contributed by atoms with Gasteiger partial charge in [0.2, 0.25) is 11.8 Å². The van der Waals surface area contributed by atoms with E-state index in [2.05, 4.69) is 11.5 Å². The van der Waals surface area contributed by atoms with E-state index in [1.807, 2.05) is 72.1 Å². The van der Waals surface area contributed by atoms with Crippen LogP contribution in [0.25, 0.3) is 10.8 Å². The summed E-state index contributed by atoms with van der Waals surface area (Å²) in [5.41, 5.74) is 6.28. The minimum atomic E-state index is -0.702. The average molecular weight is 576 g/mol. The van der Waals surface area contributed by atoms with E-state index in [4.69, 9.17) is 5.10 Å². The molecule has 0 bridgehead atoms. The van der Waals surface area contributed by atoms with Crippen molar-refractivity contribution in [2.75, 3.05) is 18.0 Å². The fraction of sp³-hybridized carbons (Fsp3) is 0.324. The molecule has 0 spiro atoms. The summed E-state index contributed by atoms with van der Waals surface area (Å²) in [4.78, 5) is 54.6. The number of anilines is 1. The molecule has 0 aliphatic carbocycles. The Hall–Kier alpha value is -4.79. The number of benzene rings is 3. The van der Waals surface area contributed by atoms with Gasteiger partial charge in [-0.2, -0.15) is 5.10 Å². The van der Waals surface area contributed by atoms with Crippen LogP contribution in [0.5, 0.6) is 0 Å². The van der Waals surface area contributed by atoms with E-state index in [0.717, 1.165) is 51.4 Å². The first kappa shape index (κ1) is 27.1. The number of aryl methyl sites for hydroxylation is 2. The van der Waals surface area contributed by atoms with E-state index in [1.165, 1.54) is 0 Å². The molecule has 1 unspecified atom stereocenters. The fourth-order valence-electron chi connectivity index (χ4n) is 6.99. The molecule has 0 saturated carbocycles. The smallest absolute Gasteiger partial charge is 0.259 e. The zero-order valence-corrected chi connectivity index (χ0v) is 24.3. The first-order valence-corrected chi connectivity index (χ1v) is 14.9. The zero-order valence-electron chi connectivity index (χ0n) is 24.3. The van der Waals surface area contributed by atoms with Crippen LogP contribution < -0.4 is 10.2 Å². The maximum atomic E-state index is 13.5. The monoisotopic (exact) mass is 575 g/mol. The molecule has 3 aliphatic heterocycles. The van der Waals surface area contributed by atoms with Crippen molar-refractivity contribution < 1.29 is 19.2 Å². The summed E-state index contributed by atoms with van der Waals surface area (Å²) in [5, 5.41) is 8.90. The summed E-state index contributed by atoms with van der Waals surface area (Å²) in [6, 6.07) is 15.1. The Bertz CT molecular complexity index is 1800. The van der Waals surface area contributed by atoms with Crippen LogP contribution in [0, 0.1) is 13.8 Å². The Balaban J connectivity index is 1.08. The lowest BCUT2D eigenvalue weighted by Crippen LogP contribution is -2.53. The van der Waals surface area contributed by atoms with Crippen LogP contribution in [0.4, 0.5) is 5.69 Å². The summed E-state index contributed by atoms with van der Waals surface area (Å²) in [6.07, 6.45) is 6.86. The maximum absolute atomic E-state index is 13.5. The third-order valence-electron chi connectivity index (χ3n) is 9.21. The van der Waals surface area contributed by atoms with Gasteiger partial charge in [0.25, 0.3) is 11.8 Å². The van der Waals surface area contributed by atoms with Crippen molar-refractivity contribution in [2.45, 2.75) is 58.0 Å². The number of carbonyl (C=O) groups is 4. The van der Waals surface area contributed by atoms with Gasteiger partial charge >= 0.3 is 0 Å². The lowest BCUT2D eigenvalue weighted by atomic mass is 9.97. The van der Waals surface area contributed by atoms with Crippen LogP contribution in [0.3, 0.4) is 0 Å². The van der Waals surface area contributed by atoms with Crippen molar-refractivity contribution in [3.63, 3.8) is 0 Å². The van der Waals surface area contributed by atoms with E-state index in [1.54, 1.807) is 11.0 Å². The standard InChI is InChI=1S/C34H33N5O4/c1-20-5-3-6-21(2)30(20)34(43)37-15-13-24(14-16-37)38-19-22(18-35-38)17-23-9-10-27-31-25(23)7-4-8-26(31)33(42)39(27)28-11-12-29(40)36-32(28)41/h3-10,18-19,24,28H,11-17H2,1-2H3,(H,36,40,41). The highest BCUT2D eigenvalue weighted by Crippen LogP contribution is 2.41. The topological polar surface area (TPSA) is 105 Å². The number of nitrogens with one attached hydrogen (secondary N) is 1. The van der Waals surface area contributed by atoms with Gasteiger partial charge < -0.3 is 4.90 Å². The molecule has 3 aromatic carbocycles. The number of imide groups is 1. The molecule has 7 rings (SSSR count). The molecule has 4 heterocycles. The molecular weight excluding hydrogens is 542 g/mol. The molecule has 43 heavy (non-hydrogen) atoms. The van der Waals surface area contributed by atoms with Crippen molar-refractivity contribution in [1.82, 2.24) is 20.0 Å². The Morgan fingerprint density at radius 1 is 0.953 bits per heavy atom. The first-order chi connectivity index (χ1) is 20.8. The lowest BCUT2D eigenvalue weighted by Gasteiger charge is -2.32. The average Bonchev–Trinajstić information content (AvgIpc) is 3.58. The van der Waals surface area contributed by atoms with Crippen LogP contribution >= 0.6 is 0 Å². The zero-order chi connectivity index (χ0) is 29.8. The van der Waals surface area contributed by atoms with Crippen molar-refractivity contribution in [3.05, 3.63) is 94.3 Å². The number of nitrogens with zero attached hydrogens (tertiary/aromatic N) is 4. The number of rotatable bonds is 5. The molecule has 1 aromatic heterocycles. The Morgan fingerprint density at radius 2 is 1.70 bits per heavy atom. The molecule has 1 N–H and O–H groups in total. The van der Waals surface area contributed by atoms with Gasteiger partial charge in [0.05, 0.1) is 17.9 Å². The van der Waals surface area contributed by atoms with Crippen LogP contribution in [-0.4, -0.2) is 57.4 Å². The van der Waals surface area contributed by atoms with Crippen LogP contribution in [0.15, 0.2) is 60.9 Å². The minimum absolute atomic E-state index is 0.108. The number of likely N-dealkylation sites (tertiary alicyclic amines) is 1. The highest BCUT2D eigenvalue weighted by molar-refractivity contribution is 6.27. The Morgan fingerprint density at radius 3 is 2.44 bits per heavy atom. The molecule has 0 radical (unpaired) electrons. The third-order valence-corrected chi connectivity index (χ3v) is 9.21. The Labute approximate surface area is 249 Å². The van der Waals surface area contributed by atoms with Gasteiger partial charge in [0, 0.05) is 48.6 Å². The molecule has 1 atom stereocenters. The number of piperidine rings is 2. The van der Waals surface area contributed by atoms with E-state index in [9.17, 15) is 19.2 Å². The number of carbonyl (C=O) groups excluding carboxylic acids is 4. The molecule has 3 aliphatic rings. The first-order valence-electron chi connectivity index (χ1n) is 14.9. The molecule has 9 heteroatoms. The summed E-state index contributed by atoms with van der Waals surface area (Å²) in [5.74, 6) is -0.829.